The number of aromatic nitrogens is 3. The first-order valence-corrected chi connectivity index (χ1v) is 25.5. The van der Waals surface area contributed by atoms with Crippen LogP contribution in [0.3, 0.4) is 0 Å². The predicted molar refractivity (Wildman–Crippen MR) is 230 cm³/mol. The van der Waals surface area contributed by atoms with Crippen LogP contribution in [0.15, 0.2) is 146 Å². The van der Waals surface area contributed by atoms with Crippen molar-refractivity contribution in [1.82, 2.24) is 15.0 Å². The van der Waals surface area contributed by atoms with E-state index < -0.39 is 21.4 Å². The quantitative estimate of drug-likeness (QED) is 0.136. The summed E-state index contributed by atoms with van der Waals surface area (Å²) in [6.07, 6.45) is 0. The Hall–Kier alpha value is -4.98. The summed E-state index contributed by atoms with van der Waals surface area (Å²) in [5, 5.41) is 2.58. The van der Waals surface area contributed by atoms with Gasteiger partial charge in [0.15, 0.2) is 17.5 Å². The predicted octanol–water partition coefficient (Wildman–Crippen LogP) is 10.6. The fourth-order valence-corrected chi connectivity index (χ4v) is 8.84. The molecule has 0 atom stereocenters. The van der Waals surface area contributed by atoms with Gasteiger partial charge in [-0.3, -0.25) is 0 Å². The maximum absolute atomic E-state index is 12.5. The number of nitrogens with zero attached hydrogens (tertiary/aromatic N) is 3. The molecule has 0 aliphatic heterocycles. The number of benzene rings is 6. The Kier molecular flexibility index (Phi) is 10.2. The largest absolute Gasteiger partial charge is 0.319 e. The van der Waals surface area contributed by atoms with Crippen molar-refractivity contribution in [3.63, 3.8) is 0 Å². The second-order valence-electron chi connectivity index (χ2n) is 14.7. The van der Waals surface area contributed by atoms with Crippen LogP contribution < -0.4 is 15.9 Å². The molecular formula is C45H42N3O3P3. The van der Waals surface area contributed by atoms with Gasteiger partial charge >= 0.3 is 0 Å². The molecule has 0 fully saturated rings. The second kappa shape index (κ2) is 14.7. The van der Waals surface area contributed by atoms with Crippen molar-refractivity contribution < 1.29 is 13.7 Å². The number of hydrogen-bond acceptors (Lipinski definition) is 6. The zero-order chi connectivity index (χ0) is 38.3. The van der Waals surface area contributed by atoms with Crippen molar-refractivity contribution in [2.45, 2.75) is 0 Å². The lowest BCUT2D eigenvalue weighted by atomic mass is 10.0. The van der Waals surface area contributed by atoms with E-state index in [2.05, 4.69) is 36.4 Å². The third-order valence-electron chi connectivity index (χ3n) is 9.53. The highest BCUT2D eigenvalue weighted by molar-refractivity contribution is 7.70. The Morgan fingerprint density at radius 3 is 0.574 bits per heavy atom. The minimum Gasteiger partial charge on any atom is -0.319 e. The zero-order valence-corrected chi connectivity index (χ0v) is 33.9. The van der Waals surface area contributed by atoms with Crippen LogP contribution in [0.1, 0.15) is 0 Å². The lowest BCUT2D eigenvalue weighted by molar-refractivity contribution is 0.587. The molecule has 54 heavy (non-hydrogen) atoms. The molecular weight excluding hydrogens is 723 g/mol. The highest BCUT2D eigenvalue weighted by atomic mass is 31.2. The van der Waals surface area contributed by atoms with Gasteiger partial charge in [-0.2, -0.15) is 0 Å². The van der Waals surface area contributed by atoms with E-state index >= 15 is 0 Å². The van der Waals surface area contributed by atoms with Gasteiger partial charge in [0, 0.05) is 32.6 Å². The van der Waals surface area contributed by atoms with Gasteiger partial charge in [-0.25, -0.2) is 15.0 Å². The van der Waals surface area contributed by atoms with Crippen LogP contribution in [0.4, 0.5) is 0 Å². The summed E-state index contributed by atoms with van der Waals surface area (Å²) < 4.78 is 37.6. The minimum atomic E-state index is -2.33. The summed E-state index contributed by atoms with van der Waals surface area (Å²) in [6.45, 7) is 10.7. The molecule has 0 radical (unpaired) electrons. The van der Waals surface area contributed by atoms with Gasteiger partial charge < -0.3 is 13.7 Å². The molecule has 9 heteroatoms. The Balaban J connectivity index is 1.24. The molecule has 7 aromatic rings. The van der Waals surface area contributed by atoms with Crippen LogP contribution >= 0.6 is 21.4 Å². The normalized spacial score (nSPS) is 12.1. The third-order valence-corrected chi connectivity index (χ3v) is 14.2. The van der Waals surface area contributed by atoms with Crippen molar-refractivity contribution in [2.24, 2.45) is 0 Å². The standard InChI is InChI=1S/C45H42N3O3P3/c1-52(2,49)40-25-19-34(20-26-40)31-7-13-37(14-8-31)43-46-44(38-15-9-32(10-16-38)35-21-27-41(28-22-35)53(3,4)50)48-45(47-43)39-17-11-33(12-18-39)36-23-29-42(30-24-36)54(5,6)51/h7-30H,1-6H3. The lowest BCUT2D eigenvalue weighted by Crippen LogP contribution is -2.02. The maximum Gasteiger partial charge on any atom is 0.164 e. The topological polar surface area (TPSA) is 89.9 Å². The lowest BCUT2D eigenvalue weighted by Gasteiger charge is -2.11. The van der Waals surface area contributed by atoms with Gasteiger partial charge in [0.1, 0.15) is 21.4 Å². The molecule has 0 bridgehead atoms. The van der Waals surface area contributed by atoms with E-state index in [1.54, 1.807) is 40.0 Å². The monoisotopic (exact) mass is 765 g/mol. The molecule has 0 aliphatic rings. The summed E-state index contributed by atoms with van der Waals surface area (Å²) in [7, 11) is -6.99. The molecule has 7 rings (SSSR count). The Morgan fingerprint density at radius 2 is 0.407 bits per heavy atom. The van der Waals surface area contributed by atoms with Gasteiger partial charge in [-0.15, -0.1) is 0 Å². The summed E-state index contributed by atoms with van der Waals surface area (Å²) in [6, 6.07) is 48.2. The SMILES string of the molecule is CP(C)(=O)c1ccc(-c2ccc(-c3nc(-c4ccc(-c5ccc(P(C)(C)=O)cc5)cc4)nc(-c4ccc(-c5ccc(P(C)(C)=O)cc5)cc4)n3)cc2)cc1. The molecule has 0 saturated carbocycles. The summed E-state index contributed by atoms with van der Waals surface area (Å²) in [5.41, 5.74) is 8.79. The molecule has 0 N–H and O–H groups in total. The fraction of sp³-hybridized carbons (Fsp3) is 0.133. The summed E-state index contributed by atoms with van der Waals surface area (Å²) in [5.74, 6) is 1.67. The van der Waals surface area contributed by atoms with E-state index in [-0.39, 0.29) is 0 Å². The first kappa shape index (κ1) is 37.3. The van der Waals surface area contributed by atoms with E-state index in [9.17, 15) is 13.7 Å². The molecule has 1 aromatic heterocycles. The molecule has 1 heterocycles. The van der Waals surface area contributed by atoms with E-state index in [0.29, 0.717) is 17.5 Å². The minimum absolute atomic E-state index is 0.557. The van der Waals surface area contributed by atoms with Crippen molar-refractivity contribution in [3.8, 4) is 67.5 Å². The van der Waals surface area contributed by atoms with Crippen molar-refractivity contribution in [2.75, 3.05) is 40.0 Å². The molecule has 6 aromatic carbocycles. The molecule has 0 unspecified atom stereocenters. The van der Waals surface area contributed by atoms with E-state index in [0.717, 1.165) is 66.0 Å². The maximum atomic E-state index is 12.5. The molecule has 0 amide bonds. The van der Waals surface area contributed by atoms with Gasteiger partial charge in [0.2, 0.25) is 0 Å². The Morgan fingerprint density at radius 1 is 0.259 bits per heavy atom. The average molecular weight is 766 g/mol. The smallest absolute Gasteiger partial charge is 0.164 e. The van der Waals surface area contributed by atoms with Crippen LogP contribution in [0.25, 0.3) is 67.5 Å². The molecule has 270 valence electrons. The fourth-order valence-electron chi connectivity index (χ4n) is 6.24. The van der Waals surface area contributed by atoms with Crippen LogP contribution in [0.2, 0.25) is 0 Å². The Bertz CT molecular complexity index is 2280. The molecule has 0 saturated heterocycles. The molecule has 0 aliphatic carbocycles. The Labute approximate surface area is 317 Å². The molecule has 0 spiro atoms. The van der Waals surface area contributed by atoms with Gasteiger partial charge in [-0.05, 0) is 73.4 Å². The first-order chi connectivity index (χ1) is 25.6. The van der Waals surface area contributed by atoms with E-state index in [4.69, 9.17) is 15.0 Å². The van der Waals surface area contributed by atoms with Crippen LogP contribution in [-0.2, 0) is 13.7 Å². The number of rotatable bonds is 9. The van der Waals surface area contributed by atoms with Crippen molar-refractivity contribution in [3.05, 3.63) is 146 Å². The van der Waals surface area contributed by atoms with Gasteiger partial charge in [0.05, 0.1) is 0 Å². The van der Waals surface area contributed by atoms with Crippen LogP contribution in [0.5, 0.6) is 0 Å². The van der Waals surface area contributed by atoms with Gasteiger partial charge in [-0.1, -0.05) is 146 Å². The average Bonchev–Trinajstić information content (AvgIpc) is 3.17. The van der Waals surface area contributed by atoms with Crippen LogP contribution in [-0.4, -0.2) is 54.9 Å². The van der Waals surface area contributed by atoms with E-state index in [1.807, 2.05) is 109 Å². The highest BCUT2D eigenvalue weighted by Crippen LogP contribution is 2.37. The van der Waals surface area contributed by atoms with Crippen LogP contribution in [0, 0.1) is 0 Å². The molecule has 6 nitrogen and oxygen atoms in total. The highest BCUT2D eigenvalue weighted by Gasteiger charge is 2.16. The van der Waals surface area contributed by atoms with Crippen molar-refractivity contribution >= 4 is 37.3 Å². The van der Waals surface area contributed by atoms with Crippen molar-refractivity contribution in [1.29, 1.82) is 0 Å². The number of hydrogen-bond donors (Lipinski definition) is 0. The second-order valence-corrected chi connectivity index (χ2v) is 24.4. The summed E-state index contributed by atoms with van der Waals surface area (Å²) in [4.78, 5) is 14.9. The zero-order valence-electron chi connectivity index (χ0n) is 31.3. The third kappa shape index (κ3) is 8.38. The van der Waals surface area contributed by atoms with Gasteiger partial charge in [0.25, 0.3) is 0 Å². The summed E-state index contributed by atoms with van der Waals surface area (Å²) >= 11 is 0. The van der Waals surface area contributed by atoms with E-state index in [1.165, 1.54) is 0 Å². The first-order valence-electron chi connectivity index (χ1n) is 17.7.